The third-order valence-corrected chi connectivity index (χ3v) is 2.68. The van der Waals surface area contributed by atoms with Gasteiger partial charge in [-0.1, -0.05) is 52.4 Å². The highest BCUT2D eigenvalue weighted by molar-refractivity contribution is 4.63. The smallest absolute Gasteiger partial charge is 0.0395 e. The van der Waals surface area contributed by atoms with Crippen molar-refractivity contribution in [1.29, 1.82) is 0 Å². The third kappa shape index (κ3) is 7.30. The Morgan fingerprint density at radius 1 is 0.857 bits per heavy atom. The van der Waals surface area contributed by atoms with E-state index in [9.17, 15) is 0 Å². The van der Waals surface area contributed by atoms with Crippen LogP contribution in [-0.2, 0) is 0 Å². The van der Waals surface area contributed by atoms with Crippen molar-refractivity contribution in [2.75, 3.05) is 0 Å². The van der Waals surface area contributed by atoms with Gasteiger partial charge in [-0.05, 0) is 12.8 Å². The summed E-state index contributed by atoms with van der Waals surface area (Å²) in [6.07, 6.45) is 10.0. The topological polar surface area (TPSA) is 55.3 Å². The summed E-state index contributed by atoms with van der Waals surface area (Å²) in [6, 6.07) is 0.377. The summed E-state index contributed by atoms with van der Waals surface area (Å²) in [7, 11) is 0. The van der Waals surface area contributed by atoms with Gasteiger partial charge >= 0.3 is 0 Å². The molecule has 0 amide bonds. The maximum atomic E-state index is 5.57. The first-order valence-corrected chi connectivity index (χ1v) is 6.01. The molecule has 0 spiro atoms. The van der Waals surface area contributed by atoms with Gasteiger partial charge in [0.1, 0.15) is 0 Å². The van der Waals surface area contributed by atoms with Crippen LogP contribution in [-0.4, -0.2) is 11.2 Å². The molecule has 0 heterocycles. The molecule has 0 radical (unpaired) electrons. The molecule has 14 heavy (non-hydrogen) atoms. The lowest BCUT2D eigenvalue weighted by atomic mass is 10.0. The van der Waals surface area contributed by atoms with Crippen LogP contribution in [0.4, 0.5) is 0 Å². The molecule has 0 aromatic rings. The summed E-state index contributed by atoms with van der Waals surface area (Å²) < 4.78 is 0. The number of hydrogen-bond acceptors (Lipinski definition) is 3. The van der Waals surface area contributed by atoms with Crippen LogP contribution in [0.2, 0.25) is 0 Å². The lowest BCUT2D eigenvalue weighted by molar-refractivity contribution is 0.179. The molecule has 0 aromatic carbocycles. The van der Waals surface area contributed by atoms with Crippen molar-refractivity contribution in [1.82, 2.24) is 5.12 Å². The molecule has 0 aliphatic heterocycles. The Morgan fingerprint density at radius 3 is 2.00 bits per heavy atom. The van der Waals surface area contributed by atoms with Crippen LogP contribution in [0.15, 0.2) is 0 Å². The number of nitrogens with two attached hydrogens (primary N) is 2. The minimum atomic E-state index is 0.377. The van der Waals surface area contributed by atoms with Gasteiger partial charge in [0, 0.05) is 6.04 Å². The van der Waals surface area contributed by atoms with Crippen molar-refractivity contribution in [3.8, 4) is 0 Å². The monoisotopic (exact) mass is 201 g/mol. The molecule has 1 unspecified atom stereocenters. The summed E-state index contributed by atoms with van der Waals surface area (Å²) in [5.74, 6) is 11.1. The summed E-state index contributed by atoms with van der Waals surface area (Å²) in [6.45, 7) is 4.41. The molecule has 3 heteroatoms. The van der Waals surface area contributed by atoms with E-state index in [1.165, 1.54) is 37.2 Å². The largest absolute Gasteiger partial charge is 0.255 e. The maximum Gasteiger partial charge on any atom is 0.0395 e. The van der Waals surface area contributed by atoms with Crippen LogP contribution < -0.4 is 11.7 Å². The quantitative estimate of drug-likeness (QED) is 0.342. The number of hydrogen-bond donors (Lipinski definition) is 2. The Labute approximate surface area is 88.8 Å². The molecule has 0 aromatic heterocycles. The van der Waals surface area contributed by atoms with Crippen molar-refractivity contribution in [2.45, 2.75) is 71.3 Å². The van der Waals surface area contributed by atoms with Gasteiger partial charge in [0.15, 0.2) is 0 Å². The fourth-order valence-corrected chi connectivity index (χ4v) is 1.76. The van der Waals surface area contributed by atoms with Gasteiger partial charge in [0.05, 0.1) is 0 Å². The lowest BCUT2D eigenvalue weighted by Crippen LogP contribution is -2.46. The standard InChI is InChI=1S/C11H27N3/c1-3-5-6-7-8-10-11(9-4-2)14(12)13/h11H,3-10,12-13H2,1-2H3. The van der Waals surface area contributed by atoms with Crippen molar-refractivity contribution in [3.63, 3.8) is 0 Å². The second-order valence-corrected chi connectivity index (χ2v) is 4.09. The molecule has 0 aliphatic carbocycles. The van der Waals surface area contributed by atoms with Crippen molar-refractivity contribution in [2.24, 2.45) is 11.7 Å². The molecule has 86 valence electrons. The highest BCUT2D eigenvalue weighted by atomic mass is 15.6. The molecule has 0 bridgehead atoms. The second kappa shape index (κ2) is 9.44. The Hall–Kier alpha value is -0.120. The van der Waals surface area contributed by atoms with Crippen LogP contribution in [0, 0.1) is 0 Å². The third-order valence-electron chi connectivity index (χ3n) is 2.68. The molecule has 0 saturated carbocycles. The predicted molar refractivity (Wildman–Crippen MR) is 62.3 cm³/mol. The van der Waals surface area contributed by atoms with Gasteiger partial charge < -0.3 is 0 Å². The van der Waals surface area contributed by atoms with Crippen LogP contribution in [0.3, 0.4) is 0 Å². The first kappa shape index (κ1) is 13.9. The Morgan fingerprint density at radius 2 is 1.50 bits per heavy atom. The molecule has 0 fully saturated rings. The van der Waals surface area contributed by atoms with E-state index in [4.69, 9.17) is 11.7 Å². The van der Waals surface area contributed by atoms with E-state index in [1.807, 2.05) is 0 Å². The van der Waals surface area contributed by atoms with Crippen LogP contribution in [0.5, 0.6) is 0 Å². The van der Waals surface area contributed by atoms with E-state index in [0.29, 0.717) is 6.04 Å². The summed E-state index contributed by atoms with van der Waals surface area (Å²) in [4.78, 5) is 0. The lowest BCUT2D eigenvalue weighted by Gasteiger charge is -2.22. The first-order chi connectivity index (χ1) is 6.72. The second-order valence-electron chi connectivity index (χ2n) is 4.09. The average molecular weight is 201 g/mol. The zero-order valence-corrected chi connectivity index (χ0v) is 9.84. The number of rotatable bonds is 9. The zero-order chi connectivity index (χ0) is 10.8. The average Bonchev–Trinajstić information content (AvgIpc) is 2.15. The molecular formula is C11H27N3. The molecular weight excluding hydrogens is 174 g/mol. The summed E-state index contributed by atoms with van der Waals surface area (Å²) >= 11 is 0. The number of unbranched alkanes of at least 4 members (excludes halogenated alkanes) is 4. The van der Waals surface area contributed by atoms with E-state index < -0.39 is 0 Å². The van der Waals surface area contributed by atoms with Gasteiger partial charge in [0.2, 0.25) is 0 Å². The molecule has 0 rings (SSSR count). The first-order valence-electron chi connectivity index (χ1n) is 6.01. The zero-order valence-electron chi connectivity index (χ0n) is 9.84. The van der Waals surface area contributed by atoms with Gasteiger partial charge in [-0.15, -0.1) is 0 Å². The highest BCUT2D eigenvalue weighted by Gasteiger charge is 2.10. The summed E-state index contributed by atoms with van der Waals surface area (Å²) in [5, 5.41) is 1.39. The Bertz CT molecular complexity index is 115. The SMILES string of the molecule is CCCCCCCC(CCC)N(N)N. The van der Waals surface area contributed by atoms with E-state index in [2.05, 4.69) is 13.8 Å². The van der Waals surface area contributed by atoms with E-state index >= 15 is 0 Å². The molecule has 0 saturated heterocycles. The summed E-state index contributed by atoms with van der Waals surface area (Å²) in [5.41, 5.74) is 0. The van der Waals surface area contributed by atoms with Gasteiger partial charge in [0.25, 0.3) is 0 Å². The normalized spacial score (nSPS) is 13.5. The van der Waals surface area contributed by atoms with E-state index in [0.717, 1.165) is 19.3 Å². The molecule has 0 aliphatic rings. The van der Waals surface area contributed by atoms with Gasteiger partial charge in [-0.25, -0.2) is 0 Å². The molecule has 3 nitrogen and oxygen atoms in total. The minimum Gasteiger partial charge on any atom is -0.255 e. The maximum absolute atomic E-state index is 5.57. The van der Waals surface area contributed by atoms with E-state index in [-0.39, 0.29) is 0 Å². The molecule has 1 atom stereocenters. The number of hydrazine groups is 2. The highest BCUT2D eigenvalue weighted by Crippen LogP contribution is 2.12. The minimum absolute atomic E-state index is 0.377. The number of nitrogens with zero attached hydrogens (tertiary/aromatic N) is 1. The van der Waals surface area contributed by atoms with Crippen molar-refractivity contribution < 1.29 is 0 Å². The molecule has 4 N–H and O–H groups in total. The Kier molecular flexibility index (Phi) is 9.35. The fourth-order valence-electron chi connectivity index (χ4n) is 1.76. The van der Waals surface area contributed by atoms with Crippen molar-refractivity contribution in [3.05, 3.63) is 0 Å². The van der Waals surface area contributed by atoms with Gasteiger partial charge in [-0.3, -0.25) is 11.7 Å². The van der Waals surface area contributed by atoms with Gasteiger partial charge in [-0.2, -0.15) is 5.12 Å². The van der Waals surface area contributed by atoms with Crippen molar-refractivity contribution >= 4 is 0 Å². The fraction of sp³-hybridized carbons (Fsp3) is 1.00. The van der Waals surface area contributed by atoms with Crippen LogP contribution >= 0.6 is 0 Å². The van der Waals surface area contributed by atoms with E-state index in [1.54, 1.807) is 0 Å². The predicted octanol–water partition coefficient (Wildman–Crippen LogP) is 2.56. The van der Waals surface area contributed by atoms with Crippen LogP contribution in [0.25, 0.3) is 0 Å². The Balaban J connectivity index is 3.41. The van der Waals surface area contributed by atoms with Crippen LogP contribution in [0.1, 0.15) is 65.2 Å².